The van der Waals surface area contributed by atoms with Gasteiger partial charge in [0.05, 0.1) is 24.0 Å². The van der Waals surface area contributed by atoms with Crippen LogP contribution in [0.15, 0.2) is 11.2 Å². The zero-order valence-electron chi connectivity index (χ0n) is 12.2. The zero-order valence-corrected chi connectivity index (χ0v) is 13.0. The molecule has 0 saturated heterocycles. The van der Waals surface area contributed by atoms with Crippen molar-refractivity contribution in [1.29, 1.82) is 0 Å². The van der Waals surface area contributed by atoms with Crippen LogP contribution < -0.4 is 10.5 Å². The van der Waals surface area contributed by atoms with Gasteiger partial charge in [-0.3, -0.25) is 9.78 Å². The largest absolute Gasteiger partial charge is 0.329 e. The maximum Gasteiger partial charge on any atom is 0.244 e. The molecule has 2 aromatic heterocycles. The predicted octanol–water partition coefficient (Wildman–Crippen LogP) is -0.384. The lowest BCUT2D eigenvalue weighted by molar-refractivity contribution is 0.557. The van der Waals surface area contributed by atoms with Gasteiger partial charge in [-0.2, -0.15) is 10.2 Å². The first kappa shape index (κ1) is 15.6. The Morgan fingerprint density at radius 1 is 1.48 bits per heavy atom. The molecule has 0 amide bonds. The molecular weight excluding hydrogens is 294 g/mol. The SMILES string of the molecule is Cc1nn(CCN)c(C)c1S(=O)(=O)NC(C)c1ncn[nH]1. The molecule has 0 aliphatic carbocycles. The van der Waals surface area contributed by atoms with Crippen LogP contribution in [0.4, 0.5) is 0 Å². The summed E-state index contributed by atoms with van der Waals surface area (Å²) in [5.41, 5.74) is 6.51. The molecule has 0 spiro atoms. The third-order valence-electron chi connectivity index (χ3n) is 3.10. The molecule has 0 radical (unpaired) electrons. The molecule has 2 aromatic rings. The summed E-state index contributed by atoms with van der Waals surface area (Å²) >= 11 is 0. The number of nitrogens with zero attached hydrogens (tertiary/aromatic N) is 4. The van der Waals surface area contributed by atoms with E-state index in [9.17, 15) is 8.42 Å². The van der Waals surface area contributed by atoms with Crippen LogP contribution in [0.2, 0.25) is 0 Å². The zero-order chi connectivity index (χ0) is 15.6. The fourth-order valence-corrected chi connectivity index (χ4v) is 3.80. The Labute approximate surface area is 123 Å². The molecule has 4 N–H and O–H groups in total. The van der Waals surface area contributed by atoms with Gasteiger partial charge in [-0.05, 0) is 20.8 Å². The first-order valence-corrected chi connectivity index (χ1v) is 7.96. The second-order valence-electron chi connectivity index (χ2n) is 4.73. The molecule has 21 heavy (non-hydrogen) atoms. The fraction of sp³-hybridized carbons (Fsp3) is 0.545. The van der Waals surface area contributed by atoms with Crippen molar-refractivity contribution in [3.63, 3.8) is 0 Å². The van der Waals surface area contributed by atoms with Crippen LogP contribution in [0.5, 0.6) is 0 Å². The molecule has 0 bridgehead atoms. The van der Waals surface area contributed by atoms with Crippen molar-refractivity contribution >= 4 is 10.0 Å². The van der Waals surface area contributed by atoms with Crippen molar-refractivity contribution in [2.45, 2.75) is 38.3 Å². The van der Waals surface area contributed by atoms with Gasteiger partial charge in [-0.15, -0.1) is 0 Å². The number of hydrogen-bond acceptors (Lipinski definition) is 6. The minimum Gasteiger partial charge on any atom is -0.329 e. The van der Waals surface area contributed by atoms with E-state index in [0.29, 0.717) is 30.3 Å². The van der Waals surface area contributed by atoms with Gasteiger partial charge in [0, 0.05) is 6.54 Å². The number of hydrogen-bond donors (Lipinski definition) is 3. The van der Waals surface area contributed by atoms with E-state index in [1.165, 1.54) is 6.33 Å². The number of H-pyrrole nitrogens is 1. The van der Waals surface area contributed by atoms with Crippen LogP contribution >= 0.6 is 0 Å². The number of nitrogens with two attached hydrogens (primary N) is 1. The summed E-state index contributed by atoms with van der Waals surface area (Å²) in [7, 11) is -3.71. The molecule has 0 aliphatic rings. The van der Waals surface area contributed by atoms with Crippen LogP contribution in [0.1, 0.15) is 30.2 Å². The van der Waals surface area contributed by atoms with E-state index in [-0.39, 0.29) is 4.90 Å². The van der Waals surface area contributed by atoms with Crippen LogP contribution in [-0.2, 0) is 16.6 Å². The van der Waals surface area contributed by atoms with Gasteiger partial charge in [-0.1, -0.05) is 0 Å². The molecule has 0 fully saturated rings. The number of sulfonamides is 1. The molecule has 1 atom stereocenters. The molecule has 1 unspecified atom stereocenters. The summed E-state index contributed by atoms with van der Waals surface area (Å²) in [4.78, 5) is 4.13. The first-order chi connectivity index (χ1) is 9.86. The normalized spacial score (nSPS) is 13.5. The second kappa shape index (κ2) is 5.92. The number of nitrogens with one attached hydrogen (secondary N) is 2. The Morgan fingerprint density at radius 3 is 2.76 bits per heavy atom. The Balaban J connectivity index is 2.32. The van der Waals surface area contributed by atoms with Gasteiger partial charge < -0.3 is 5.73 Å². The summed E-state index contributed by atoms with van der Waals surface area (Å²) in [6.07, 6.45) is 1.33. The highest BCUT2D eigenvalue weighted by molar-refractivity contribution is 7.89. The van der Waals surface area contributed by atoms with Crippen molar-refractivity contribution in [3.8, 4) is 0 Å². The Morgan fingerprint density at radius 2 is 2.19 bits per heavy atom. The number of rotatable bonds is 6. The summed E-state index contributed by atoms with van der Waals surface area (Å²) < 4.78 is 29.2. The lowest BCUT2D eigenvalue weighted by Crippen LogP contribution is -2.28. The first-order valence-electron chi connectivity index (χ1n) is 6.48. The lowest BCUT2D eigenvalue weighted by Gasteiger charge is -2.12. The second-order valence-corrected chi connectivity index (χ2v) is 6.38. The maximum atomic E-state index is 12.5. The third kappa shape index (κ3) is 3.12. The van der Waals surface area contributed by atoms with Crippen LogP contribution in [0.3, 0.4) is 0 Å². The van der Waals surface area contributed by atoms with Crippen molar-refractivity contribution in [3.05, 3.63) is 23.5 Å². The third-order valence-corrected chi connectivity index (χ3v) is 4.89. The summed E-state index contributed by atoms with van der Waals surface area (Å²) in [6.45, 7) is 5.92. The number of aryl methyl sites for hydroxylation is 1. The van der Waals surface area contributed by atoms with Gasteiger partial charge in [-0.25, -0.2) is 18.1 Å². The monoisotopic (exact) mass is 313 g/mol. The minimum atomic E-state index is -3.71. The van der Waals surface area contributed by atoms with Gasteiger partial charge in [0.1, 0.15) is 17.0 Å². The quantitative estimate of drug-likeness (QED) is 0.666. The molecule has 0 aromatic carbocycles. The number of aromatic amines is 1. The fourth-order valence-electron chi connectivity index (χ4n) is 2.18. The van der Waals surface area contributed by atoms with E-state index >= 15 is 0 Å². The summed E-state index contributed by atoms with van der Waals surface area (Å²) in [5, 5.41) is 10.6. The van der Waals surface area contributed by atoms with E-state index < -0.39 is 16.1 Å². The molecule has 9 nitrogen and oxygen atoms in total. The topological polar surface area (TPSA) is 132 Å². The van der Waals surface area contributed by atoms with E-state index in [1.54, 1.807) is 25.5 Å². The Kier molecular flexibility index (Phi) is 4.40. The number of aromatic nitrogens is 5. The molecule has 0 saturated carbocycles. The summed E-state index contributed by atoms with van der Waals surface area (Å²) in [5.74, 6) is 0.447. The molecule has 0 aliphatic heterocycles. The van der Waals surface area contributed by atoms with Crippen molar-refractivity contribution in [2.24, 2.45) is 5.73 Å². The predicted molar refractivity (Wildman–Crippen MR) is 75.9 cm³/mol. The highest BCUT2D eigenvalue weighted by Crippen LogP contribution is 2.21. The Hall–Kier alpha value is -1.78. The highest BCUT2D eigenvalue weighted by atomic mass is 32.2. The molecule has 2 rings (SSSR count). The molecule has 2 heterocycles. The molecule has 116 valence electrons. The van der Waals surface area contributed by atoms with Crippen molar-refractivity contribution in [1.82, 2.24) is 29.7 Å². The van der Waals surface area contributed by atoms with Gasteiger partial charge in [0.25, 0.3) is 0 Å². The van der Waals surface area contributed by atoms with Crippen molar-refractivity contribution < 1.29 is 8.42 Å². The Bertz CT molecular complexity index is 705. The van der Waals surface area contributed by atoms with Crippen LogP contribution in [-0.4, -0.2) is 39.9 Å². The van der Waals surface area contributed by atoms with E-state index in [0.717, 1.165) is 0 Å². The van der Waals surface area contributed by atoms with E-state index in [2.05, 4.69) is 25.0 Å². The van der Waals surface area contributed by atoms with Gasteiger partial charge >= 0.3 is 0 Å². The maximum absolute atomic E-state index is 12.5. The van der Waals surface area contributed by atoms with E-state index in [4.69, 9.17) is 5.73 Å². The minimum absolute atomic E-state index is 0.183. The highest BCUT2D eigenvalue weighted by Gasteiger charge is 2.27. The van der Waals surface area contributed by atoms with Crippen LogP contribution in [0.25, 0.3) is 0 Å². The average molecular weight is 313 g/mol. The lowest BCUT2D eigenvalue weighted by atomic mass is 10.3. The van der Waals surface area contributed by atoms with Crippen LogP contribution in [0, 0.1) is 13.8 Å². The van der Waals surface area contributed by atoms with Gasteiger partial charge in [0.2, 0.25) is 10.0 Å². The smallest absolute Gasteiger partial charge is 0.244 e. The average Bonchev–Trinajstić information content (AvgIpc) is 2.98. The molecule has 10 heteroatoms. The van der Waals surface area contributed by atoms with E-state index in [1.807, 2.05) is 0 Å². The summed E-state index contributed by atoms with van der Waals surface area (Å²) in [6, 6.07) is -0.519. The van der Waals surface area contributed by atoms with Crippen molar-refractivity contribution in [2.75, 3.05) is 6.54 Å². The van der Waals surface area contributed by atoms with Gasteiger partial charge in [0.15, 0.2) is 0 Å². The molecular formula is C11H19N7O2S. The standard InChI is InChI=1S/C11H19N7O2S/c1-7-10(9(3)18(16-7)5-4-12)21(19,20)17-8(2)11-13-6-14-15-11/h6,8,17H,4-5,12H2,1-3H3,(H,13,14,15).